The summed E-state index contributed by atoms with van der Waals surface area (Å²) >= 11 is 5.57. The van der Waals surface area contributed by atoms with Gasteiger partial charge in [0.05, 0.1) is 35.9 Å². The summed E-state index contributed by atoms with van der Waals surface area (Å²) in [7, 11) is 0. The van der Waals surface area contributed by atoms with Crippen LogP contribution in [-0.2, 0) is 16.0 Å². The highest BCUT2D eigenvalue weighted by atomic mass is 35.5. The lowest BCUT2D eigenvalue weighted by Crippen LogP contribution is -2.10. The third-order valence-electron chi connectivity index (χ3n) is 2.03. The summed E-state index contributed by atoms with van der Waals surface area (Å²) in [5, 5.41) is 8.30. The van der Waals surface area contributed by atoms with Gasteiger partial charge in [-0.3, -0.25) is 4.79 Å². The van der Waals surface area contributed by atoms with Crippen LogP contribution in [0.4, 0.5) is 8.78 Å². The molecule has 4 nitrogen and oxygen atoms in total. The molecule has 1 aromatic rings. The van der Waals surface area contributed by atoms with Crippen molar-refractivity contribution >= 4 is 17.6 Å². The Bertz CT molecular complexity index is 501. The molecule has 18 heavy (non-hydrogen) atoms. The number of hydrogen-bond donors (Lipinski definition) is 0. The number of hydrogen-bond acceptors (Lipinski definition) is 4. The smallest absolute Gasteiger partial charge is 0.311 e. The highest BCUT2D eigenvalue weighted by Gasteiger charge is 2.20. The van der Waals surface area contributed by atoms with Crippen molar-refractivity contribution in [2.24, 2.45) is 0 Å². The Labute approximate surface area is 107 Å². The molecule has 1 heterocycles. The van der Waals surface area contributed by atoms with E-state index in [9.17, 15) is 13.6 Å². The first-order chi connectivity index (χ1) is 8.49. The molecular formula is C11H9ClF2N2O2. The lowest BCUT2D eigenvalue weighted by Gasteiger charge is -2.07. The molecule has 0 aromatic carbocycles. The molecule has 0 saturated heterocycles. The van der Waals surface area contributed by atoms with Gasteiger partial charge in [0.2, 0.25) is 0 Å². The molecule has 7 heteroatoms. The van der Waals surface area contributed by atoms with Crippen LogP contribution in [0, 0.1) is 11.3 Å². The van der Waals surface area contributed by atoms with E-state index in [0.717, 1.165) is 6.07 Å². The number of alkyl halides is 2. The molecule has 0 radical (unpaired) electrons. The second-order valence-corrected chi connectivity index (χ2v) is 3.62. The van der Waals surface area contributed by atoms with E-state index in [1.54, 1.807) is 13.0 Å². The maximum Gasteiger partial charge on any atom is 0.311 e. The quantitative estimate of drug-likeness (QED) is 0.625. The molecule has 0 amide bonds. The van der Waals surface area contributed by atoms with Gasteiger partial charge in [-0.25, -0.2) is 13.8 Å². The average Bonchev–Trinajstić information content (AvgIpc) is 2.27. The molecule has 0 aliphatic carbocycles. The van der Waals surface area contributed by atoms with Crippen molar-refractivity contribution in [3.05, 3.63) is 28.0 Å². The lowest BCUT2D eigenvalue weighted by atomic mass is 10.1. The predicted molar refractivity (Wildman–Crippen MR) is 59.3 cm³/mol. The first-order valence-electron chi connectivity index (χ1n) is 5.02. The average molecular weight is 275 g/mol. The number of nitrogens with zero attached hydrogens (tertiary/aromatic N) is 2. The van der Waals surface area contributed by atoms with Crippen LogP contribution in [0.1, 0.15) is 30.2 Å². The van der Waals surface area contributed by atoms with E-state index in [0.29, 0.717) is 0 Å². The van der Waals surface area contributed by atoms with Gasteiger partial charge in [-0.05, 0) is 13.0 Å². The van der Waals surface area contributed by atoms with Gasteiger partial charge in [0.1, 0.15) is 5.15 Å². The van der Waals surface area contributed by atoms with Gasteiger partial charge in [-0.1, -0.05) is 11.6 Å². The number of aromatic nitrogens is 1. The SMILES string of the molecule is CCOC(=O)Cc1cc(C#N)c(C(F)F)c(Cl)n1. The van der Waals surface area contributed by atoms with Crippen LogP contribution in [0.2, 0.25) is 5.15 Å². The molecule has 0 aliphatic heterocycles. The van der Waals surface area contributed by atoms with Gasteiger partial charge in [0.25, 0.3) is 6.43 Å². The highest BCUT2D eigenvalue weighted by Crippen LogP contribution is 2.29. The Kier molecular flexibility index (Phi) is 4.98. The molecule has 0 atom stereocenters. The molecular weight excluding hydrogens is 266 g/mol. The number of pyridine rings is 1. The summed E-state index contributed by atoms with van der Waals surface area (Å²) in [5.74, 6) is -0.560. The van der Waals surface area contributed by atoms with Crippen LogP contribution < -0.4 is 0 Å². The van der Waals surface area contributed by atoms with Crippen LogP contribution in [0.15, 0.2) is 6.07 Å². The molecule has 0 saturated carbocycles. The molecule has 0 N–H and O–H groups in total. The van der Waals surface area contributed by atoms with Crippen LogP contribution in [0.5, 0.6) is 0 Å². The maximum atomic E-state index is 12.6. The zero-order chi connectivity index (χ0) is 13.7. The fraction of sp³-hybridized carbons (Fsp3) is 0.364. The standard InChI is InChI=1S/C11H9ClF2N2O2/c1-2-18-8(17)4-7-3-6(5-15)9(11(13)14)10(12)16-7/h3,11H,2,4H2,1H3. The minimum absolute atomic E-state index is 0.124. The third-order valence-corrected chi connectivity index (χ3v) is 2.32. The summed E-state index contributed by atoms with van der Waals surface area (Å²) in [6.07, 6.45) is -3.11. The summed E-state index contributed by atoms with van der Waals surface area (Å²) < 4.78 is 29.9. The number of nitriles is 1. The fourth-order valence-electron chi connectivity index (χ4n) is 1.32. The van der Waals surface area contributed by atoms with Crippen molar-refractivity contribution < 1.29 is 18.3 Å². The topological polar surface area (TPSA) is 63.0 Å². The van der Waals surface area contributed by atoms with E-state index in [1.165, 1.54) is 0 Å². The zero-order valence-corrected chi connectivity index (χ0v) is 10.2. The number of halogens is 3. The van der Waals surface area contributed by atoms with Gasteiger partial charge in [0, 0.05) is 0 Å². The summed E-state index contributed by atoms with van der Waals surface area (Å²) in [5.41, 5.74) is -0.782. The van der Waals surface area contributed by atoms with Gasteiger partial charge in [-0.15, -0.1) is 0 Å². The van der Waals surface area contributed by atoms with Crippen molar-refractivity contribution in [1.29, 1.82) is 5.26 Å². The molecule has 0 bridgehead atoms. The van der Waals surface area contributed by atoms with Crippen molar-refractivity contribution in [2.75, 3.05) is 6.61 Å². The Balaban J connectivity index is 3.08. The van der Waals surface area contributed by atoms with E-state index < -0.39 is 23.1 Å². The Morgan fingerprint density at radius 1 is 1.67 bits per heavy atom. The lowest BCUT2D eigenvalue weighted by molar-refractivity contribution is -0.142. The van der Waals surface area contributed by atoms with E-state index in [2.05, 4.69) is 9.72 Å². The predicted octanol–water partition coefficient (Wildman–Crippen LogP) is 2.65. The van der Waals surface area contributed by atoms with E-state index in [4.69, 9.17) is 16.9 Å². The third kappa shape index (κ3) is 3.37. The Morgan fingerprint density at radius 3 is 2.83 bits per heavy atom. The molecule has 1 rings (SSSR count). The highest BCUT2D eigenvalue weighted by molar-refractivity contribution is 6.30. The van der Waals surface area contributed by atoms with Crippen molar-refractivity contribution in [3.8, 4) is 6.07 Å². The van der Waals surface area contributed by atoms with Gasteiger partial charge in [0.15, 0.2) is 0 Å². The van der Waals surface area contributed by atoms with Crippen LogP contribution in [0.25, 0.3) is 0 Å². The molecule has 1 aromatic heterocycles. The monoisotopic (exact) mass is 274 g/mol. The first kappa shape index (κ1) is 14.3. The Hall–Kier alpha value is -1.74. The van der Waals surface area contributed by atoms with Crippen molar-refractivity contribution in [2.45, 2.75) is 19.8 Å². The minimum atomic E-state index is -2.89. The van der Waals surface area contributed by atoms with E-state index in [-0.39, 0.29) is 24.3 Å². The Morgan fingerprint density at radius 2 is 2.33 bits per heavy atom. The number of carbonyl (C=O) groups excluding carboxylic acids is 1. The molecule has 0 aliphatic rings. The first-order valence-corrected chi connectivity index (χ1v) is 5.40. The molecule has 0 fully saturated rings. The van der Waals surface area contributed by atoms with Gasteiger partial charge < -0.3 is 4.74 Å². The van der Waals surface area contributed by atoms with Gasteiger partial charge in [-0.2, -0.15) is 5.26 Å². The number of carbonyl (C=O) groups is 1. The van der Waals surface area contributed by atoms with Crippen LogP contribution in [0.3, 0.4) is 0 Å². The number of ether oxygens (including phenoxy) is 1. The number of rotatable bonds is 4. The second kappa shape index (κ2) is 6.26. The summed E-state index contributed by atoms with van der Waals surface area (Å²) in [6.45, 7) is 1.84. The zero-order valence-electron chi connectivity index (χ0n) is 9.41. The summed E-state index contributed by atoms with van der Waals surface area (Å²) in [6, 6.07) is 2.72. The maximum absolute atomic E-state index is 12.6. The normalized spacial score (nSPS) is 10.2. The molecule has 0 unspecified atom stereocenters. The number of esters is 1. The minimum Gasteiger partial charge on any atom is -0.466 e. The van der Waals surface area contributed by atoms with Crippen molar-refractivity contribution in [3.63, 3.8) is 0 Å². The van der Waals surface area contributed by atoms with E-state index in [1.807, 2.05) is 0 Å². The van der Waals surface area contributed by atoms with Crippen LogP contribution in [-0.4, -0.2) is 17.6 Å². The van der Waals surface area contributed by atoms with Crippen LogP contribution >= 0.6 is 11.6 Å². The second-order valence-electron chi connectivity index (χ2n) is 3.26. The van der Waals surface area contributed by atoms with E-state index >= 15 is 0 Å². The fourth-order valence-corrected chi connectivity index (χ4v) is 1.62. The van der Waals surface area contributed by atoms with Gasteiger partial charge >= 0.3 is 5.97 Å². The summed E-state index contributed by atoms with van der Waals surface area (Å²) in [4.78, 5) is 14.9. The van der Waals surface area contributed by atoms with Crippen molar-refractivity contribution in [1.82, 2.24) is 4.98 Å². The molecule has 0 spiro atoms. The largest absolute Gasteiger partial charge is 0.466 e. The molecule has 96 valence electrons.